The summed E-state index contributed by atoms with van der Waals surface area (Å²) in [5.74, 6) is -2.54. The summed E-state index contributed by atoms with van der Waals surface area (Å²) in [5, 5.41) is 23.4. The molecule has 18 heavy (non-hydrogen) atoms. The van der Waals surface area contributed by atoms with Gasteiger partial charge in [-0.15, -0.1) is 0 Å². The van der Waals surface area contributed by atoms with E-state index in [1.807, 2.05) is 28.7 Å². The number of aromatic carboxylic acids is 1. The number of hydrogen-bond acceptors (Lipinski definition) is 3. The van der Waals surface area contributed by atoms with E-state index >= 15 is 0 Å². The van der Waals surface area contributed by atoms with Crippen LogP contribution in [0.3, 0.4) is 0 Å². The molecule has 0 spiro atoms. The highest BCUT2D eigenvalue weighted by atomic mass is 127. The van der Waals surface area contributed by atoms with E-state index in [2.05, 4.69) is 0 Å². The first kappa shape index (κ1) is 18.7. The highest BCUT2D eigenvalue weighted by Gasteiger charge is 2.04. The Bertz CT molecular complexity index is 396. The molecule has 0 aliphatic rings. The summed E-state index contributed by atoms with van der Waals surface area (Å²) in [6, 6.07) is 6.88. The topological polar surface area (TPSA) is 112 Å². The lowest BCUT2D eigenvalue weighted by atomic mass is 10.2. The number of carbonyl (C=O) groups is 3. The van der Waals surface area contributed by atoms with E-state index < -0.39 is 17.9 Å². The molecule has 0 radical (unpaired) electrons. The summed E-state index contributed by atoms with van der Waals surface area (Å²) < 4.78 is 0.771. The maximum Gasteiger partial charge on any atom is 0.336 e. The lowest BCUT2D eigenvalue weighted by Crippen LogP contribution is -1.97. The Kier molecular flexibility index (Phi) is 10.9. The first-order valence-corrected chi connectivity index (χ1v) is 5.63. The molecule has 0 aliphatic carbocycles. The van der Waals surface area contributed by atoms with Gasteiger partial charge in [0.1, 0.15) is 0 Å². The van der Waals surface area contributed by atoms with Gasteiger partial charge < -0.3 is 15.3 Å². The van der Waals surface area contributed by atoms with Crippen molar-refractivity contribution in [1.82, 2.24) is 0 Å². The molecule has 6 nitrogen and oxygen atoms in total. The van der Waals surface area contributed by atoms with Crippen LogP contribution in [0.1, 0.15) is 24.2 Å². The smallest absolute Gasteiger partial charge is 0.336 e. The molecule has 0 unspecified atom stereocenters. The Morgan fingerprint density at radius 2 is 1.28 bits per heavy atom. The Morgan fingerprint density at radius 3 is 1.50 bits per heavy atom. The average Bonchev–Trinajstić information content (AvgIpc) is 2.15. The minimum Gasteiger partial charge on any atom is -0.481 e. The third kappa shape index (κ3) is 14.4. The Balaban J connectivity index is 0. The third-order valence-corrected chi connectivity index (χ3v) is 2.04. The summed E-state index contributed by atoms with van der Waals surface area (Å²) in [6.45, 7) is 2.17. The minimum absolute atomic E-state index is 0.364. The lowest BCUT2D eigenvalue weighted by molar-refractivity contribution is -0.135. The van der Waals surface area contributed by atoms with Crippen LogP contribution in [0.15, 0.2) is 24.3 Å². The summed E-state index contributed by atoms with van der Waals surface area (Å²) in [4.78, 5) is 28.4. The van der Waals surface area contributed by atoms with Gasteiger partial charge in [0, 0.05) is 17.4 Å². The van der Waals surface area contributed by atoms with Gasteiger partial charge in [0.15, 0.2) is 0 Å². The first-order valence-electron chi connectivity index (χ1n) is 4.55. The quantitative estimate of drug-likeness (QED) is 0.655. The summed E-state index contributed by atoms with van der Waals surface area (Å²) in [6.07, 6.45) is 0. The lowest BCUT2D eigenvalue weighted by Gasteiger charge is -1.94. The molecule has 0 saturated heterocycles. The second-order valence-electron chi connectivity index (χ2n) is 2.82. The number of aliphatic carboxylic acids is 2. The predicted molar refractivity (Wildman–Crippen MR) is 72.7 cm³/mol. The van der Waals surface area contributed by atoms with Crippen LogP contribution in [0.5, 0.6) is 0 Å². The third-order valence-electron chi connectivity index (χ3n) is 1.10. The second kappa shape index (κ2) is 10.5. The molecule has 0 aliphatic heterocycles. The number of benzene rings is 1. The van der Waals surface area contributed by atoms with Crippen LogP contribution in [0.25, 0.3) is 0 Å². The van der Waals surface area contributed by atoms with Gasteiger partial charge in [-0.05, 0) is 34.7 Å². The molecule has 0 heterocycles. The van der Waals surface area contributed by atoms with Crippen molar-refractivity contribution in [1.29, 1.82) is 0 Å². The number of halogens is 1. The van der Waals surface area contributed by atoms with Crippen LogP contribution < -0.4 is 0 Å². The largest absolute Gasteiger partial charge is 0.481 e. The fraction of sp³-hybridized carbons (Fsp3) is 0.182. The maximum atomic E-state index is 10.4. The summed E-state index contributed by atoms with van der Waals surface area (Å²) in [7, 11) is 0. The zero-order valence-corrected chi connectivity index (χ0v) is 11.9. The van der Waals surface area contributed by atoms with Gasteiger partial charge in [0.25, 0.3) is 11.9 Å². The molecule has 0 atom stereocenters. The highest BCUT2D eigenvalue weighted by molar-refractivity contribution is 14.1. The van der Waals surface area contributed by atoms with Gasteiger partial charge in [-0.2, -0.15) is 0 Å². The Hall–Kier alpha value is -1.64. The van der Waals surface area contributed by atoms with E-state index in [4.69, 9.17) is 24.9 Å². The van der Waals surface area contributed by atoms with E-state index in [0.29, 0.717) is 5.56 Å². The SMILES string of the molecule is CC(=O)O.CC(=O)O.O=C(O)c1ccccc1I. The molecule has 1 rings (SSSR count). The first-order chi connectivity index (χ1) is 8.18. The van der Waals surface area contributed by atoms with Crippen molar-refractivity contribution in [2.75, 3.05) is 0 Å². The van der Waals surface area contributed by atoms with Crippen molar-refractivity contribution in [2.24, 2.45) is 0 Å². The standard InChI is InChI=1S/C7H5IO2.2C2H4O2/c8-6-4-2-1-3-5(6)7(9)10;2*1-2(3)4/h1-4H,(H,9,10);2*1H3,(H,3,4). The van der Waals surface area contributed by atoms with Crippen LogP contribution in [-0.4, -0.2) is 33.2 Å². The Morgan fingerprint density at radius 1 is 0.944 bits per heavy atom. The van der Waals surface area contributed by atoms with E-state index in [1.54, 1.807) is 18.2 Å². The average molecular weight is 368 g/mol. The van der Waals surface area contributed by atoms with Crippen molar-refractivity contribution in [3.63, 3.8) is 0 Å². The van der Waals surface area contributed by atoms with Crippen molar-refractivity contribution < 1.29 is 29.7 Å². The van der Waals surface area contributed by atoms with Gasteiger partial charge in [-0.25, -0.2) is 4.79 Å². The number of carboxylic acids is 3. The fourth-order valence-electron chi connectivity index (χ4n) is 0.635. The van der Waals surface area contributed by atoms with Crippen molar-refractivity contribution in [3.8, 4) is 0 Å². The van der Waals surface area contributed by atoms with E-state index in [9.17, 15) is 4.79 Å². The van der Waals surface area contributed by atoms with Crippen LogP contribution in [0.4, 0.5) is 0 Å². The number of carboxylic acid groups (broad SMARTS) is 3. The van der Waals surface area contributed by atoms with Gasteiger partial charge in [0.2, 0.25) is 0 Å². The van der Waals surface area contributed by atoms with Gasteiger partial charge in [-0.3, -0.25) is 9.59 Å². The van der Waals surface area contributed by atoms with E-state index in [0.717, 1.165) is 17.4 Å². The van der Waals surface area contributed by atoms with Crippen molar-refractivity contribution >= 4 is 40.5 Å². The molecular weight excluding hydrogens is 355 g/mol. The summed E-state index contributed by atoms with van der Waals surface area (Å²) in [5.41, 5.74) is 0.364. The molecule has 1 aromatic carbocycles. The number of rotatable bonds is 1. The highest BCUT2D eigenvalue weighted by Crippen LogP contribution is 2.10. The molecule has 0 fully saturated rings. The van der Waals surface area contributed by atoms with Crippen molar-refractivity contribution in [2.45, 2.75) is 13.8 Å². The molecule has 0 amide bonds. The Labute approximate surface area is 117 Å². The summed E-state index contributed by atoms with van der Waals surface area (Å²) >= 11 is 1.99. The zero-order valence-electron chi connectivity index (χ0n) is 9.75. The molecule has 7 heteroatoms. The van der Waals surface area contributed by atoms with Gasteiger partial charge >= 0.3 is 5.97 Å². The van der Waals surface area contributed by atoms with Crippen LogP contribution in [-0.2, 0) is 9.59 Å². The molecule has 0 saturated carbocycles. The second-order valence-corrected chi connectivity index (χ2v) is 3.99. The maximum absolute atomic E-state index is 10.4. The molecule has 3 N–H and O–H groups in total. The fourth-order valence-corrected chi connectivity index (χ4v) is 1.25. The van der Waals surface area contributed by atoms with Gasteiger partial charge in [0.05, 0.1) is 5.56 Å². The van der Waals surface area contributed by atoms with E-state index in [-0.39, 0.29) is 0 Å². The van der Waals surface area contributed by atoms with Gasteiger partial charge in [-0.1, -0.05) is 12.1 Å². The zero-order chi connectivity index (χ0) is 14.7. The van der Waals surface area contributed by atoms with Crippen LogP contribution >= 0.6 is 22.6 Å². The normalized spacial score (nSPS) is 7.94. The van der Waals surface area contributed by atoms with Crippen LogP contribution in [0, 0.1) is 3.57 Å². The predicted octanol–water partition coefficient (Wildman–Crippen LogP) is 2.17. The number of hydrogen-bond donors (Lipinski definition) is 3. The monoisotopic (exact) mass is 368 g/mol. The molecule has 1 aromatic rings. The van der Waals surface area contributed by atoms with Crippen LogP contribution in [0.2, 0.25) is 0 Å². The molecule has 100 valence electrons. The molecular formula is C11H13IO6. The van der Waals surface area contributed by atoms with Crippen molar-refractivity contribution in [3.05, 3.63) is 33.4 Å². The molecule has 0 bridgehead atoms. The van der Waals surface area contributed by atoms with E-state index in [1.165, 1.54) is 0 Å². The minimum atomic E-state index is -0.870. The molecule has 0 aromatic heterocycles.